The number of carbonyl (C=O) groups excluding carboxylic acids is 1. The summed E-state index contributed by atoms with van der Waals surface area (Å²) in [4.78, 5) is 29.6. The van der Waals surface area contributed by atoms with Crippen molar-refractivity contribution >= 4 is 11.8 Å². The molecule has 0 aliphatic rings. The van der Waals surface area contributed by atoms with E-state index < -0.39 is 0 Å². The molecule has 0 saturated carbocycles. The maximum atomic E-state index is 12.3. The number of ether oxygens (including phenoxy) is 1. The molecule has 0 aliphatic carbocycles. The Bertz CT molecular complexity index is 511. The van der Waals surface area contributed by atoms with Crippen LogP contribution in [0.25, 0.3) is 0 Å². The molecule has 0 fully saturated rings. The lowest BCUT2D eigenvalue weighted by Gasteiger charge is -2.21. The zero-order valence-electron chi connectivity index (χ0n) is 12.8. The Balaban J connectivity index is 2.91. The Morgan fingerprint density at radius 1 is 1.45 bits per heavy atom. The normalized spacial score (nSPS) is 12.3. The lowest BCUT2D eigenvalue weighted by molar-refractivity contribution is -0.144. The van der Waals surface area contributed by atoms with Crippen LogP contribution in [0.4, 0.5) is 5.82 Å². The Kier molecular flexibility index (Phi) is 5.73. The third-order valence-electron chi connectivity index (χ3n) is 2.97. The fourth-order valence-corrected chi connectivity index (χ4v) is 2.01. The molecule has 20 heavy (non-hydrogen) atoms. The van der Waals surface area contributed by atoms with Crippen molar-refractivity contribution in [1.82, 2.24) is 9.55 Å². The quantitative estimate of drug-likeness (QED) is 0.732. The molecular weight excluding hydrogens is 258 g/mol. The molecule has 1 atom stereocenters. The van der Waals surface area contributed by atoms with Crippen molar-refractivity contribution in [2.75, 3.05) is 25.6 Å². The number of nitrogens with zero attached hydrogens (tertiary/aromatic N) is 3. The molecule has 1 aromatic rings. The first kappa shape index (κ1) is 16.2. The standard InChI is InChI=1S/C14H23N3O3/c1-10(2)8-17-7-6-15-12(13(17)18)16(4)9-11(3)14(19)20-5/h6-7,10-11H,8-9H2,1-5H3. The van der Waals surface area contributed by atoms with E-state index in [0.717, 1.165) is 0 Å². The average molecular weight is 281 g/mol. The first-order valence-corrected chi connectivity index (χ1v) is 6.71. The molecule has 0 aliphatic heterocycles. The van der Waals surface area contributed by atoms with Gasteiger partial charge < -0.3 is 14.2 Å². The van der Waals surface area contributed by atoms with Crippen LogP contribution >= 0.6 is 0 Å². The lowest BCUT2D eigenvalue weighted by Crippen LogP contribution is -2.35. The van der Waals surface area contributed by atoms with Crippen LogP contribution in [-0.2, 0) is 16.1 Å². The van der Waals surface area contributed by atoms with Crippen molar-refractivity contribution in [1.29, 1.82) is 0 Å². The number of carbonyl (C=O) groups is 1. The van der Waals surface area contributed by atoms with Gasteiger partial charge in [-0.25, -0.2) is 4.98 Å². The van der Waals surface area contributed by atoms with Gasteiger partial charge in [0, 0.05) is 32.5 Å². The van der Waals surface area contributed by atoms with E-state index in [1.165, 1.54) is 7.11 Å². The predicted octanol–water partition coefficient (Wildman–Crippen LogP) is 1.14. The van der Waals surface area contributed by atoms with Gasteiger partial charge in [0.1, 0.15) is 0 Å². The van der Waals surface area contributed by atoms with Gasteiger partial charge in [0.15, 0.2) is 5.82 Å². The van der Waals surface area contributed by atoms with Crippen molar-refractivity contribution in [3.05, 3.63) is 22.7 Å². The van der Waals surface area contributed by atoms with Crippen LogP contribution in [0.3, 0.4) is 0 Å². The van der Waals surface area contributed by atoms with Gasteiger partial charge in [0.25, 0.3) is 5.56 Å². The number of anilines is 1. The number of hydrogen-bond donors (Lipinski definition) is 0. The largest absolute Gasteiger partial charge is 0.469 e. The van der Waals surface area contributed by atoms with Gasteiger partial charge in [-0.15, -0.1) is 0 Å². The second-order valence-electron chi connectivity index (χ2n) is 5.41. The summed E-state index contributed by atoms with van der Waals surface area (Å²) in [7, 11) is 3.11. The highest BCUT2D eigenvalue weighted by Gasteiger charge is 2.18. The first-order chi connectivity index (χ1) is 9.36. The predicted molar refractivity (Wildman–Crippen MR) is 77.8 cm³/mol. The van der Waals surface area contributed by atoms with Crippen LogP contribution in [-0.4, -0.2) is 36.2 Å². The number of rotatable bonds is 6. The van der Waals surface area contributed by atoms with Crippen LogP contribution < -0.4 is 10.5 Å². The fourth-order valence-electron chi connectivity index (χ4n) is 2.01. The van der Waals surface area contributed by atoms with E-state index in [-0.39, 0.29) is 17.4 Å². The fraction of sp³-hybridized carbons (Fsp3) is 0.643. The molecule has 1 rings (SSSR count). The van der Waals surface area contributed by atoms with E-state index >= 15 is 0 Å². The monoisotopic (exact) mass is 281 g/mol. The van der Waals surface area contributed by atoms with E-state index in [2.05, 4.69) is 23.6 Å². The second-order valence-corrected chi connectivity index (χ2v) is 5.41. The maximum Gasteiger partial charge on any atom is 0.310 e. The summed E-state index contributed by atoms with van der Waals surface area (Å²) >= 11 is 0. The number of esters is 1. The highest BCUT2D eigenvalue weighted by atomic mass is 16.5. The van der Waals surface area contributed by atoms with E-state index in [1.807, 2.05) is 0 Å². The number of hydrogen-bond acceptors (Lipinski definition) is 5. The zero-order chi connectivity index (χ0) is 15.3. The van der Waals surface area contributed by atoms with E-state index in [1.54, 1.807) is 35.8 Å². The molecule has 6 nitrogen and oxygen atoms in total. The molecular formula is C14H23N3O3. The topological polar surface area (TPSA) is 64.4 Å². The average Bonchev–Trinajstić information content (AvgIpc) is 2.39. The van der Waals surface area contributed by atoms with Crippen LogP contribution in [0.5, 0.6) is 0 Å². The second kappa shape index (κ2) is 7.07. The molecule has 0 N–H and O–H groups in total. The van der Waals surface area contributed by atoms with Gasteiger partial charge >= 0.3 is 5.97 Å². The molecule has 0 amide bonds. The van der Waals surface area contributed by atoms with Crippen molar-refractivity contribution in [2.24, 2.45) is 11.8 Å². The summed E-state index contributed by atoms with van der Waals surface area (Å²) < 4.78 is 6.33. The minimum Gasteiger partial charge on any atom is -0.469 e. The molecule has 1 aromatic heterocycles. The van der Waals surface area contributed by atoms with Gasteiger partial charge in [-0.1, -0.05) is 20.8 Å². The van der Waals surface area contributed by atoms with E-state index in [4.69, 9.17) is 0 Å². The Hall–Kier alpha value is -1.85. The van der Waals surface area contributed by atoms with Gasteiger partial charge in [-0.2, -0.15) is 0 Å². The molecule has 0 spiro atoms. The molecule has 112 valence electrons. The molecule has 0 radical (unpaired) electrons. The van der Waals surface area contributed by atoms with Crippen molar-refractivity contribution in [3.63, 3.8) is 0 Å². The summed E-state index contributed by atoms with van der Waals surface area (Å²) in [6, 6.07) is 0. The highest BCUT2D eigenvalue weighted by molar-refractivity contribution is 5.72. The minimum atomic E-state index is -0.315. The van der Waals surface area contributed by atoms with Gasteiger partial charge in [0.2, 0.25) is 0 Å². The first-order valence-electron chi connectivity index (χ1n) is 6.71. The summed E-state index contributed by atoms with van der Waals surface area (Å²) in [5.74, 6) is 0.117. The van der Waals surface area contributed by atoms with Crippen LogP contribution in [0, 0.1) is 11.8 Å². The molecule has 1 heterocycles. The third-order valence-corrected chi connectivity index (χ3v) is 2.97. The number of aromatic nitrogens is 2. The molecule has 6 heteroatoms. The molecule has 0 bridgehead atoms. The summed E-state index contributed by atoms with van der Waals surface area (Å²) in [6.07, 6.45) is 3.29. The van der Waals surface area contributed by atoms with E-state index in [9.17, 15) is 9.59 Å². The summed E-state index contributed by atoms with van der Waals surface area (Å²) in [6.45, 7) is 6.90. The Morgan fingerprint density at radius 3 is 2.65 bits per heavy atom. The van der Waals surface area contributed by atoms with Gasteiger partial charge in [0.05, 0.1) is 13.0 Å². The number of methoxy groups -OCH3 is 1. The SMILES string of the molecule is COC(=O)C(C)CN(C)c1nccn(CC(C)C)c1=O. The molecule has 0 saturated heterocycles. The van der Waals surface area contributed by atoms with Crippen LogP contribution in [0.1, 0.15) is 20.8 Å². The smallest absolute Gasteiger partial charge is 0.310 e. The van der Waals surface area contributed by atoms with Crippen LogP contribution in [0.15, 0.2) is 17.2 Å². The lowest BCUT2D eigenvalue weighted by atomic mass is 10.2. The Labute approximate surface area is 119 Å². The van der Waals surface area contributed by atoms with Gasteiger partial charge in [-0.05, 0) is 5.92 Å². The summed E-state index contributed by atoms with van der Waals surface area (Å²) in [5, 5.41) is 0. The molecule has 0 aromatic carbocycles. The van der Waals surface area contributed by atoms with Crippen LogP contribution in [0.2, 0.25) is 0 Å². The minimum absolute atomic E-state index is 0.138. The van der Waals surface area contributed by atoms with Gasteiger partial charge in [-0.3, -0.25) is 9.59 Å². The molecule has 1 unspecified atom stereocenters. The highest BCUT2D eigenvalue weighted by Crippen LogP contribution is 2.07. The van der Waals surface area contributed by atoms with Crippen molar-refractivity contribution < 1.29 is 9.53 Å². The van der Waals surface area contributed by atoms with Crippen molar-refractivity contribution in [2.45, 2.75) is 27.3 Å². The Morgan fingerprint density at radius 2 is 2.10 bits per heavy atom. The maximum absolute atomic E-state index is 12.3. The summed E-state index contributed by atoms with van der Waals surface area (Å²) in [5.41, 5.74) is -0.138. The van der Waals surface area contributed by atoms with E-state index in [0.29, 0.717) is 24.8 Å². The zero-order valence-corrected chi connectivity index (χ0v) is 12.8. The third kappa shape index (κ3) is 4.08. The van der Waals surface area contributed by atoms with Crippen molar-refractivity contribution in [3.8, 4) is 0 Å².